The van der Waals surface area contributed by atoms with Gasteiger partial charge in [-0.1, -0.05) is 45.0 Å². The standard InChI is InChI=1S/C53H87FN6O14S/c1-15-42-53(10,66)46(62)34(6)59(12)28-30(2)25-51(8,65)48(32(4)43(33(5)49(64)73-42)41-26-52(9,70-14)47(63)35(7)72-41)74-50-44(61)39(24-31(3)71-50)58(11)22-20-37-29-60(57-56-37)40(27-54)45(69-13)36-16-18-38(19-17-36)75(67,68)23-21-55/h16-19,29-35,39-48,50,61-63,65-66H,15,20,22-28H2,1-14H3/t30-,31-,32+,33-,34-,35+,39+,40-,41-,42-,43?,44-,45-,46-,47+,48-,50+,51-,52-,53-/m1/s1. The second kappa shape index (κ2) is 25.7. The molecule has 0 spiro atoms. The van der Waals surface area contributed by atoms with E-state index in [4.69, 9.17) is 33.7 Å². The molecule has 5 N–H and O–H groups in total. The molecule has 20 nitrogen and oxygen atoms in total. The zero-order valence-corrected chi connectivity index (χ0v) is 47.3. The second-order valence-electron chi connectivity index (χ2n) is 22.6. The minimum Gasteiger partial charge on any atom is -0.459 e. The molecule has 3 fully saturated rings. The average Bonchev–Trinajstić information content (AvgIpc) is 3.83. The molecule has 1 aromatic carbocycles. The molecular formula is C53H87FN6O14S. The van der Waals surface area contributed by atoms with Gasteiger partial charge in [-0.2, -0.15) is 5.26 Å². The maximum absolute atomic E-state index is 14.8. The molecule has 0 saturated carbocycles. The van der Waals surface area contributed by atoms with E-state index in [1.165, 1.54) is 50.1 Å². The maximum atomic E-state index is 14.8. The minimum absolute atomic E-state index is 0.0381. The zero-order chi connectivity index (χ0) is 56.1. The summed E-state index contributed by atoms with van der Waals surface area (Å²) in [5.74, 6) is -4.05. The molecule has 1 unspecified atom stereocenters. The van der Waals surface area contributed by atoms with Crippen LogP contribution in [-0.4, -0.2) is 203 Å². The van der Waals surface area contributed by atoms with Crippen LogP contribution in [0.25, 0.3) is 0 Å². The Labute approximate surface area is 443 Å². The predicted molar refractivity (Wildman–Crippen MR) is 274 cm³/mol. The summed E-state index contributed by atoms with van der Waals surface area (Å²) >= 11 is 0. The number of carbonyl (C=O) groups is 1. The van der Waals surface area contributed by atoms with E-state index in [2.05, 4.69) is 10.3 Å². The van der Waals surface area contributed by atoms with Gasteiger partial charge in [-0.3, -0.25) is 4.79 Å². The molecule has 3 aliphatic heterocycles. The third kappa shape index (κ3) is 14.1. The fourth-order valence-electron chi connectivity index (χ4n) is 12.1. The topological polar surface area (TPSA) is 269 Å². The van der Waals surface area contributed by atoms with Crippen LogP contribution in [-0.2, 0) is 49.5 Å². The molecule has 22 heteroatoms. The van der Waals surface area contributed by atoms with Crippen LogP contribution in [0.3, 0.4) is 0 Å². The highest BCUT2D eigenvalue weighted by molar-refractivity contribution is 7.91. The van der Waals surface area contributed by atoms with Gasteiger partial charge in [-0.25, -0.2) is 17.5 Å². The van der Waals surface area contributed by atoms with Gasteiger partial charge < -0.3 is 63.8 Å². The highest BCUT2D eigenvalue weighted by atomic mass is 32.2. The van der Waals surface area contributed by atoms with Crippen LogP contribution >= 0.6 is 0 Å². The highest BCUT2D eigenvalue weighted by Crippen LogP contribution is 2.45. The van der Waals surface area contributed by atoms with Gasteiger partial charge >= 0.3 is 5.97 Å². The minimum atomic E-state index is -3.81. The number of carbonyl (C=O) groups excluding carboxylic acids is 1. The molecule has 0 aliphatic carbocycles. The molecule has 0 amide bonds. The summed E-state index contributed by atoms with van der Waals surface area (Å²) in [4.78, 5) is 18.5. The Kier molecular flexibility index (Phi) is 21.4. The van der Waals surface area contributed by atoms with Crippen LogP contribution in [0.1, 0.15) is 118 Å². The lowest BCUT2D eigenvalue weighted by Crippen LogP contribution is -2.62. The molecule has 20 atom stereocenters. The number of alkyl halides is 1. The van der Waals surface area contributed by atoms with Gasteiger partial charge in [0.25, 0.3) is 0 Å². The van der Waals surface area contributed by atoms with Gasteiger partial charge in [-0.05, 0) is 104 Å². The Balaban J connectivity index is 1.44. The van der Waals surface area contributed by atoms with Crippen molar-refractivity contribution in [3.8, 4) is 6.07 Å². The van der Waals surface area contributed by atoms with Crippen molar-refractivity contribution in [2.45, 2.75) is 202 Å². The second-order valence-corrected chi connectivity index (χ2v) is 24.6. The Morgan fingerprint density at radius 1 is 1.01 bits per heavy atom. The molecule has 4 heterocycles. The number of aliphatic hydroxyl groups excluding tert-OH is 3. The van der Waals surface area contributed by atoms with Crippen molar-refractivity contribution in [2.75, 3.05) is 53.8 Å². The van der Waals surface area contributed by atoms with E-state index in [9.17, 15) is 43.1 Å². The first-order valence-electron chi connectivity index (χ1n) is 26.3. The number of halogens is 1. The Bertz CT molecular complexity index is 2310. The lowest BCUT2D eigenvalue weighted by Gasteiger charge is -2.51. The Morgan fingerprint density at radius 3 is 2.25 bits per heavy atom. The highest BCUT2D eigenvalue weighted by Gasteiger charge is 2.55. The number of esters is 1. The van der Waals surface area contributed by atoms with E-state index >= 15 is 0 Å². The largest absolute Gasteiger partial charge is 0.459 e. The van der Waals surface area contributed by atoms with E-state index in [1.807, 2.05) is 44.7 Å². The summed E-state index contributed by atoms with van der Waals surface area (Å²) in [6.07, 6.45) is -6.99. The van der Waals surface area contributed by atoms with E-state index in [-0.39, 0.29) is 30.1 Å². The van der Waals surface area contributed by atoms with Gasteiger partial charge in [-0.15, -0.1) is 5.10 Å². The number of rotatable bonds is 16. The summed E-state index contributed by atoms with van der Waals surface area (Å²) in [5, 5.41) is 77.7. The fourth-order valence-corrected chi connectivity index (χ4v) is 13.0. The molecule has 0 radical (unpaired) electrons. The van der Waals surface area contributed by atoms with Gasteiger partial charge in [0.15, 0.2) is 16.1 Å². The lowest BCUT2D eigenvalue weighted by atomic mass is 9.68. The number of methoxy groups -OCH3 is 2. The summed E-state index contributed by atoms with van der Waals surface area (Å²) in [6.45, 7) is 17.5. The number of aliphatic hydroxyl groups is 5. The first-order valence-corrected chi connectivity index (χ1v) is 28.0. The van der Waals surface area contributed by atoms with Crippen molar-refractivity contribution >= 4 is 15.8 Å². The maximum Gasteiger partial charge on any atom is 0.309 e. The molecular weight excluding hydrogens is 996 g/mol. The van der Waals surface area contributed by atoms with Crippen molar-refractivity contribution in [3.05, 3.63) is 41.7 Å². The molecule has 5 rings (SSSR count). The van der Waals surface area contributed by atoms with Gasteiger partial charge in [0.05, 0.1) is 58.2 Å². The van der Waals surface area contributed by atoms with Crippen molar-refractivity contribution in [1.29, 1.82) is 5.26 Å². The van der Waals surface area contributed by atoms with E-state index in [1.54, 1.807) is 53.8 Å². The molecule has 426 valence electrons. The van der Waals surface area contributed by atoms with Crippen LogP contribution in [0.2, 0.25) is 0 Å². The van der Waals surface area contributed by atoms with Gasteiger partial charge in [0, 0.05) is 64.3 Å². The SMILES string of the molecule is CC[C@H]1OC(=O)[C@H](C)C([C@H]2C[C@@](C)(OC)[C@@H](O)[C@H](C)O2)[C@H](C)[C@@H](O[C@@H]2O[C@H](C)C[C@H](N(C)CCc3cn([C@H](CF)[C@H](OC)c4ccc(S(=O)(=O)CC#N)cc4)nn3)[C@H]2O)[C@](C)(O)C[C@@H](C)CN(C)[C@H](C)[C@@H](O)[C@]1(C)O. The Hall–Kier alpha value is -3.28. The summed E-state index contributed by atoms with van der Waals surface area (Å²) in [7, 11) is 2.79. The number of nitrogens with zero attached hydrogens (tertiary/aromatic N) is 6. The number of nitriles is 1. The van der Waals surface area contributed by atoms with Crippen LogP contribution in [0, 0.1) is 35.0 Å². The molecule has 3 saturated heterocycles. The number of aromatic nitrogens is 3. The van der Waals surface area contributed by atoms with Crippen molar-refractivity contribution in [1.82, 2.24) is 24.8 Å². The van der Waals surface area contributed by atoms with Gasteiger partial charge in [0.1, 0.15) is 54.6 Å². The van der Waals surface area contributed by atoms with E-state index in [0.29, 0.717) is 37.2 Å². The number of cyclic esters (lactones) is 1. The number of hydrogen-bond donors (Lipinski definition) is 5. The lowest BCUT2D eigenvalue weighted by molar-refractivity contribution is -0.302. The van der Waals surface area contributed by atoms with Crippen molar-refractivity contribution < 1.29 is 71.6 Å². The van der Waals surface area contributed by atoms with E-state index < -0.39 is 142 Å². The fraction of sp³-hybridized carbons (Fsp3) is 0.811. The first-order chi connectivity index (χ1) is 35.0. The van der Waals surface area contributed by atoms with Gasteiger partial charge in [0.2, 0.25) is 0 Å². The monoisotopic (exact) mass is 1080 g/mol. The number of hydrogen-bond acceptors (Lipinski definition) is 19. The third-order valence-electron chi connectivity index (χ3n) is 16.7. The quantitative estimate of drug-likeness (QED) is 0.150. The third-order valence-corrected chi connectivity index (χ3v) is 18.2. The zero-order valence-electron chi connectivity index (χ0n) is 46.4. The van der Waals surface area contributed by atoms with Crippen molar-refractivity contribution in [3.63, 3.8) is 0 Å². The number of benzene rings is 1. The van der Waals surface area contributed by atoms with Crippen LogP contribution in [0.5, 0.6) is 0 Å². The number of ether oxygens (including phenoxy) is 6. The van der Waals surface area contributed by atoms with Crippen LogP contribution < -0.4 is 0 Å². The normalized spacial score (nSPS) is 39.0. The summed E-state index contributed by atoms with van der Waals surface area (Å²) in [6, 6.07) is 5.33. The van der Waals surface area contributed by atoms with Crippen molar-refractivity contribution in [2.24, 2.45) is 23.7 Å². The summed E-state index contributed by atoms with van der Waals surface area (Å²) < 4.78 is 78.9. The number of likely N-dealkylation sites (N-methyl/N-ethyl adjacent to an activating group) is 2. The van der Waals surface area contributed by atoms with Crippen LogP contribution in [0.4, 0.5) is 4.39 Å². The van der Waals surface area contributed by atoms with E-state index in [0.717, 1.165) is 0 Å². The Morgan fingerprint density at radius 2 is 1.67 bits per heavy atom. The van der Waals surface area contributed by atoms with Crippen LogP contribution in [0.15, 0.2) is 35.4 Å². The smallest absolute Gasteiger partial charge is 0.309 e. The molecule has 3 aliphatic rings. The predicted octanol–water partition coefficient (Wildman–Crippen LogP) is 3.57. The average molecular weight is 1080 g/mol. The molecule has 0 bridgehead atoms. The summed E-state index contributed by atoms with van der Waals surface area (Å²) in [5.41, 5.74) is -3.56. The first kappa shape index (κ1) is 62.6. The molecule has 1 aromatic heterocycles. The molecule has 75 heavy (non-hydrogen) atoms. The molecule has 2 aromatic rings. The number of sulfone groups is 1.